The summed E-state index contributed by atoms with van der Waals surface area (Å²) in [5.74, 6) is 6.01. The average molecular weight is 498 g/mol. The molecule has 5 fully saturated rings. The zero-order chi connectivity index (χ0) is 24.8. The third-order valence-corrected chi connectivity index (χ3v) is 10.2. The van der Waals surface area contributed by atoms with Gasteiger partial charge in [-0.3, -0.25) is 4.79 Å². The second-order valence-electron chi connectivity index (χ2n) is 13.1. The summed E-state index contributed by atoms with van der Waals surface area (Å²) in [4.78, 5) is 18.0. The second-order valence-corrected chi connectivity index (χ2v) is 13.1. The van der Waals surface area contributed by atoms with Gasteiger partial charge in [0.15, 0.2) is 0 Å². The first-order chi connectivity index (χ1) is 18.1. The third-order valence-electron chi connectivity index (χ3n) is 10.2. The van der Waals surface area contributed by atoms with Gasteiger partial charge in [0.1, 0.15) is 5.82 Å². The topological polar surface area (TPSA) is 66.0 Å². The van der Waals surface area contributed by atoms with Crippen LogP contribution in [0, 0.1) is 47.5 Å². The van der Waals surface area contributed by atoms with Crippen LogP contribution in [0.1, 0.15) is 64.2 Å². The molecule has 1 amide bonds. The van der Waals surface area contributed by atoms with Crippen molar-refractivity contribution in [3.63, 3.8) is 0 Å². The highest BCUT2D eigenvalue weighted by Gasteiger charge is 2.51. The Morgan fingerprint density at radius 3 is 2.49 bits per heavy atom. The predicted octanol–water partition coefficient (Wildman–Crippen LogP) is 6.55. The highest BCUT2D eigenvalue weighted by Crippen LogP contribution is 2.61. The van der Waals surface area contributed by atoms with Gasteiger partial charge < -0.3 is 16.0 Å². The van der Waals surface area contributed by atoms with Crippen LogP contribution in [0.25, 0.3) is 10.9 Å². The van der Waals surface area contributed by atoms with E-state index < -0.39 is 0 Å². The molecule has 0 aliphatic heterocycles. The molecule has 1 aromatic carbocycles. The normalized spacial score (nSPS) is 34.9. The molecule has 5 nitrogen and oxygen atoms in total. The van der Waals surface area contributed by atoms with Crippen molar-refractivity contribution in [1.82, 2.24) is 10.3 Å². The summed E-state index contributed by atoms with van der Waals surface area (Å²) in [6.07, 6.45) is 17.3. The molecule has 195 valence electrons. The number of allylic oxidation sites excluding steroid dienone is 2. The summed E-state index contributed by atoms with van der Waals surface area (Å²) in [5.41, 5.74) is 2.08. The minimum atomic E-state index is 0.183. The quantitative estimate of drug-likeness (QED) is 0.257. The molecule has 0 saturated heterocycles. The first-order valence-electron chi connectivity index (χ1n) is 14.8. The molecule has 1 radical (unpaired) electrons. The summed E-state index contributed by atoms with van der Waals surface area (Å²) in [5, 5.41) is 11.3. The zero-order valence-electron chi connectivity index (χ0n) is 21.9. The molecular weight excluding hydrogens is 456 g/mol. The maximum absolute atomic E-state index is 13.2. The van der Waals surface area contributed by atoms with Gasteiger partial charge in [-0.1, -0.05) is 18.2 Å². The van der Waals surface area contributed by atoms with E-state index >= 15 is 0 Å². The lowest BCUT2D eigenvalue weighted by Gasteiger charge is -2.56. The van der Waals surface area contributed by atoms with Crippen molar-refractivity contribution < 1.29 is 4.79 Å². The molecule has 6 aliphatic carbocycles. The number of amides is 1. The number of rotatable bonds is 10. The van der Waals surface area contributed by atoms with Crippen LogP contribution in [0.4, 0.5) is 11.5 Å². The molecule has 3 unspecified atom stereocenters. The highest BCUT2D eigenvalue weighted by atomic mass is 16.1. The number of benzene rings is 1. The summed E-state index contributed by atoms with van der Waals surface area (Å²) in [7, 11) is 0. The van der Waals surface area contributed by atoms with E-state index in [9.17, 15) is 4.79 Å². The van der Waals surface area contributed by atoms with E-state index in [4.69, 9.17) is 4.98 Å². The fraction of sp³-hybridized carbons (Fsp3) is 0.594. The van der Waals surface area contributed by atoms with Crippen molar-refractivity contribution in [2.45, 2.75) is 64.2 Å². The number of fused-ring (bicyclic) bond motifs is 3. The van der Waals surface area contributed by atoms with Crippen LogP contribution in [0.5, 0.6) is 0 Å². The average Bonchev–Trinajstić information content (AvgIpc) is 3.48. The molecule has 5 heteroatoms. The number of aromatic nitrogens is 1. The standard InChI is InChI=1S/C32H41N4O/c37-31(19-32-16-22-11-23(17-32)13-24(12-22)18-32)36-29-4-1-3-28-27(29)7-8-30(35-28)34-10-2-9-33-20-26-15-21-5-6-25(26)14-21/h1,3-8,20-26,33H,2,9-19H2,(H,34,35)(H,36,37). The fourth-order valence-electron chi connectivity index (χ4n) is 9.06. The molecule has 1 aromatic heterocycles. The molecule has 8 rings (SSSR count). The lowest BCUT2D eigenvalue weighted by Crippen LogP contribution is -2.47. The van der Waals surface area contributed by atoms with E-state index in [1.165, 1.54) is 51.4 Å². The van der Waals surface area contributed by atoms with Crippen molar-refractivity contribution in [1.29, 1.82) is 0 Å². The van der Waals surface area contributed by atoms with Gasteiger partial charge in [-0.25, -0.2) is 4.98 Å². The number of pyridine rings is 1. The van der Waals surface area contributed by atoms with Crippen molar-refractivity contribution in [3.05, 3.63) is 49.0 Å². The minimum Gasteiger partial charge on any atom is -0.370 e. The van der Waals surface area contributed by atoms with E-state index in [1.54, 1.807) is 0 Å². The van der Waals surface area contributed by atoms with Crippen LogP contribution < -0.4 is 16.0 Å². The van der Waals surface area contributed by atoms with Gasteiger partial charge >= 0.3 is 0 Å². The Morgan fingerprint density at radius 2 is 1.76 bits per heavy atom. The van der Waals surface area contributed by atoms with E-state index in [0.717, 1.165) is 71.5 Å². The van der Waals surface area contributed by atoms with Crippen LogP contribution >= 0.6 is 0 Å². The van der Waals surface area contributed by atoms with Gasteiger partial charge in [0.25, 0.3) is 0 Å². The molecule has 2 aromatic rings. The van der Waals surface area contributed by atoms with Crippen molar-refractivity contribution in [2.24, 2.45) is 40.9 Å². The lowest BCUT2D eigenvalue weighted by atomic mass is 9.49. The van der Waals surface area contributed by atoms with E-state index in [-0.39, 0.29) is 11.3 Å². The van der Waals surface area contributed by atoms with Gasteiger partial charge in [0, 0.05) is 24.9 Å². The number of carbonyl (C=O) groups excluding carboxylic acids is 1. The molecule has 0 spiro atoms. The van der Waals surface area contributed by atoms with Gasteiger partial charge in [0.2, 0.25) is 5.91 Å². The molecule has 6 bridgehead atoms. The monoisotopic (exact) mass is 497 g/mol. The van der Waals surface area contributed by atoms with Crippen LogP contribution in [0.3, 0.4) is 0 Å². The number of nitrogens with one attached hydrogen (secondary N) is 3. The van der Waals surface area contributed by atoms with Crippen molar-refractivity contribution in [3.8, 4) is 0 Å². The number of carbonyl (C=O) groups is 1. The molecule has 3 atom stereocenters. The third kappa shape index (κ3) is 4.92. The van der Waals surface area contributed by atoms with E-state index in [0.29, 0.717) is 12.3 Å². The Morgan fingerprint density at radius 1 is 0.946 bits per heavy atom. The van der Waals surface area contributed by atoms with Gasteiger partial charge in [0.05, 0.1) is 11.2 Å². The molecule has 3 N–H and O–H groups in total. The van der Waals surface area contributed by atoms with Crippen molar-refractivity contribution >= 4 is 28.3 Å². The van der Waals surface area contributed by atoms with Crippen LogP contribution in [-0.4, -0.2) is 24.0 Å². The van der Waals surface area contributed by atoms with Crippen LogP contribution in [0.2, 0.25) is 0 Å². The van der Waals surface area contributed by atoms with Crippen molar-refractivity contribution in [2.75, 3.05) is 23.7 Å². The van der Waals surface area contributed by atoms with E-state index in [1.807, 2.05) is 24.3 Å². The lowest BCUT2D eigenvalue weighted by molar-refractivity contribution is -0.124. The Labute approximate surface area is 221 Å². The first kappa shape index (κ1) is 23.7. The van der Waals surface area contributed by atoms with Gasteiger partial charge in [-0.2, -0.15) is 0 Å². The molecule has 5 saturated carbocycles. The minimum absolute atomic E-state index is 0.183. The summed E-state index contributed by atoms with van der Waals surface area (Å²) < 4.78 is 0. The predicted molar refractivity (Wildman–Crippen MR) is 150 cm³/mol. The second kappa shape index (κ2) is 9.72. The number of hydrogen-bond donors (Lipinski definition) is 3. The van der Waals surface area contributed by atoms with Gasteiger partial charge in [-0.15, -0.1) is 0 Å². The Balaban J connectivity index is 0.906. The highest BCUT2D eigenvalue weighted by molar-refractivity contribution is 6.01. The summed E-state index contributed by atoms with van der Waals surface area (Å²) in [6, 6.07) is 10.2. The SMILES string of the molecule is O=C(CC12CC3CC(CC(C3)C1)C2)Nc1cccc2nc(NCCCN[CH]C3CC4C=CC3C4)ccc12. The number of anilines is 2. The summed E-state index contributed by atoms with van der Waals surface area (Å²) >= 11 is 0. The molecule has 37 heavy (non-hydrogen) atoms. The largest absolute Gasteiger partial charge is 0.370 e. The number of nitrogens with zero attached hydrogens (tertiary/aromatic N) is 1. The first-order valence-corrected chi connectivity index (χ1v) is 14.8. The Hall–Kier alpha value is -2.40. The maximum Gasteiger partial charge on any atom is 0.224 e. The van der Waals surface area contributed by atoms with Crippen LogP contribution in [0.15, 0.2) is 42.5 Å². The fourth-order valence-corrected chi connectivity index (χ4v) is 9.06. The molecular formula is C32H41N4O. The summed E-state index contributed by atoms with van der Waals surface area (Å²) in [6.45, 7) is 4.21. The molecule has 6 aliphatic rings. The maximum atomic E-state index is 13.2. The van der Waals surface area contributed by atoms with E-state index in [2.05, 4.69) is 40.7 Å². The number of hydrogen-bond acceptors (Lipinski definition) is 4. The Kier molecular flexibility index (Phi) is 6.23. The molecule has 1 heterocycles. The van der Waals surface area contributed by atoms with Crippen LogP contribution in [-0.2, 0) is 4.79 Å². The Bertz CT molecular complexity index is 1150. The van der Waals surface area contributed by atoms with Gasteiger partial charge in [-0.05, 0) is 130 Å². The zero-order valence-corrected chi connectivity index (χ0v) is 21.9. The smallest absolute Gasteiger partial charge is 0.224 e.